The summed E-state index contributed by atoms with van der Waals surface area (Å²) in [5.74, 6) is -0.379. The van der Waals surface area contributed by atoms with Crippen molar-refractivity contribution >= 4 is 13.8 Å². The number of carbonyl (C=O) groups excluding carboxylic acids is 1. The van der Waals surface area contributed by atoms with Crippen LogP contribution in [0.4, 0.5) is 0 Å². The van der Waals surface area contributed by atoms with Gasteiger partial charge in [-0.2, -0.15) is 0 Å². The summed E-state index contributed by atoms with van der Waals surface area (Å²) < 4.78 is 33.8. The number of hydrogen-bond donors (Lipinski definition) is 0. The van der Waals surface area contributed by atoms with Crippen molar-refractivity contribution < 1.29 is 37.3 Å². The van der Waals surface area contributed by atoms with Gasteiger partial charge in [0.2, 0.25) is 0 Å². The zero-order valence-electron chi connectivity index (χ0n) is 29.7. The lowest BCUT2D eigenvalue weighted by atomic mass is 10.1. The van der Waals surface area contributed by atoms with E-state index in [-0.39, 0.29) is 32.2 Å². The Balaban J connectivity index is 3.98. The summed E-state index contributed by atoms with van der Waals surface area (Å²) >= 11 is 0. The van der Waals surface area contributed by atoms with Gasteiger partial charge >= 0.3 is 5.97 Å². The van der Waals surface area contributed by atoms with Gasteiger partial charge in [-0.1, -0.05) is 107 Å². The van der Waals surface area contributed by atoms with Crippen molar-refractivity contribution in [3.05, 3.63) is 60.8 Å². The van der Waals surface area contributed by atoms with Crippen LogP contribution < -0.4 is 4.89 Å². The highest BCUT2D eigenvalue weighted by atomic mass is 31.2. The van der Waals surface area contributed by atoms with Crippen molar-refractivity contribution in [3.8, 4) is 0 Å². The van der Waals surface area contributed by atoms with Crippen LogP contribution >= 0.6 is 7.82 Å². The van der Waals surface area contributed by atoms with Gasteiger partial charge in [0, 0.05) is 13.0 Å². The lowest BCUT2D eigenvalue weighted by Crippen LogP contribution is -2.37. The molecule has 0 saturated heterocycles. The zero-order valence-corrected chi connectivity index (χ0v) is 30.6. The Morgan fingerprint density at radius 3 is 1.80 bits per heavy atom. The molecule has 266 valence electrons. The minimum atomic E-state index is -4.50. The third kappa shape index (κ3) is 33.6. The van der Waals surface area contributed by atoms with Crippen molar-refractivity contribution in [2.45, 2.75) is 116 Å². The summed E-state index contributed by atoms with van der Waals surface area (Å²) in [6.45, 7) is 4.97. The van der Waals surface area contributed by atoms with Crippen LogP contribution in [-0.4, -0.2) is 70.7 Å². The number of quaternary nitrogens is 1. The van der Waals surface area contributed by atoms with Crippen LogP contribution in [0.2, 0.25) is 0 Å². The van der Waals surface area contributed by atoms with Gasteiger partial charge in [0.1, 0.15) is 19.3 Å². The Bertz CT molecular complexity index is 921. The Labute approximate surface area is 281 Å². The minimum absolute atomic E-state index is 0.0190. The highest BCUT2D eigenvalue weighted by molar-refractivity contribution is 7.45. The van der Waals surface area contributed by atoms with Crippen molar-refractivity contribution in [1.29, 1.82) is 0 Å². The van der Waals surface area contributed by atoms with Gasteiger partial charge in [0.25, 0.3) is 7.82 Å². The van der Waals surface area contributed by atoms with Crippen molar-refractivity contribution in [2.24, 2.45) is 0 Å². The minimum Gasteiger partial charge on any atom is -0.756 e. The fourth-order valence-electron chi connectivity index (χ4n) is 4.08. The number of rotatable bonds is 31. The number of unbranched alkanes of at least 4 members (excludes halogenated alkanes) is 7. The van der Waals surface area contributed by atoms with Crippen molar-refractivity contribution in [1.82, 2.24) is 0 Å². The molecule has 0 rings (SSSR count). The number of hydrogen-bond acceptors (Lipinski definition) is 7. The molecule has 0 bridgehead atoms. The third-order valence-corrected chi connectivity index (χ3v) is 7.80. The SMILES string of the molecule is CC/C=C\C/C=C\C/C=C\C/C=C\C/C=C\CCCCCCCCOCC(COP(=O)([O-])OCC[N+](C)(C)C)OC(=O)CCCC. The Morgan fingerprint density at radius 2 is 1.24 bits per heavy atom. The maximum Gasteiger partial charge on any atom is 0.306 e. The highest BCUT2D eigenvalue weighted by Gasteiger charge is 2.20. The summed E-state index contributed by atoms with van der Waals surface area (Å²) in [5.41, 5.74) is 0. The summed E-state index contributed by atoms with van der Waals surface area (Å²) in [4.78, 5) is 24.3. The molecule has 9 heteroatoms. The second kappa shape index (κ2) is 30.5. The Morgan fingerprint density at radius 1 is 0.696 bits per heavy atom. The van der Waals surface area contributed by atoms with Gasteiger partial charge in [-0.15, -0.1) is 0 Å². The van der Waals surface area contributed by atoms with E-state index < -0.39 is 13.9 Å². The van der Waals surface area contributed by atoms with E-state index in [1.165, 1.54) is 19.3 Å². The largest absolute Gasteiger partial charge is 0.756 e. The highest BCUT2D eigenvalue weighted by Crippen LogP contribution is 2.38. The summed E-state index contributed by atoms with van der Waals surface area (Å²) in [5, 5.41) is 0. The van der Waals surface area contributed by atoms with Crippen molar-refractivity contribution in [2.75, 3.05) is 54.1 Å². The lowest BCUT2D eigenvalue weighted by Gasteiger charge is -2.28. The molecule has 8 nitrogen and oxygen atoms in total. The molecular weight excluding hydrogens is 601 g/mol. The maximum absolute atomic E-state index is 12.1. The standard InChI is InChI=1S/C37H66NO7P/c1-6-8-10-11-12-13-14-15-16-17-18-19-20-21-22-23-24-25-26-27-28-29-32-42-34-36(45-37(39)30-9-7-2)35-44-46(40,41)43-33-31-38(3,4)5/h8,10,12-13,15-16,18-19,21-22,36H,6-7,9,11,14,17,20,23-35H2,1-5H3/b10-8-,13-12-,16-15-,19-18-,22-21-. The van der Waals surface area contributed by atoms with Crippen LogP contribution in [0.1, 0.15) is 110 Å². The number of nitrogens with zero attached hydrogens (tertiary/aromatic N) is 1. The Hall–Kier alpha value is -1.80. The first kappa shape index (κ1) is 44.2. The maximum atomic E-state index is 12.1. The number of carbonyl (C=O) groups is 1. The topological polar surface area (TPSA) is 94.1 Å². The number of esters is 1. The summed E-state index contributed by atoms with van der Waals surface area (Å²) in [6, 6.07) is 0. The van der Waals surface area contributed by atoms with Gasteiger partial charge < -0.3 is 27.9 Å². The fraction of sp³-hybridized carbons (Fsp3) is 0.703. The van der Waals surface area contributed by atoms with E-state index in [1.54, 1.807) is 0 Å². The predicted molar refractivity (Wildman–Crippen MR) is 189 cm³/mol. The molecular formula is C37H66NO7P. The van der Waals surface area contributed by atoms with E-state index in [0.29, 0.717) is 24.1 Å². The molecule has 0 aliphatic heterocycles. The molecule has 0 spiro atoms. The molecule has 0 radical (unpaired) electrons. The predicted octanol–water partition coefficient (Wildman–Crippen LogP) is 8.79. The normalized spacial score (nSPS) is 14.8. The second-order valence-corrected chi connectivity index (χ2v) is 13.9. The molecule has 0 aromatic rings. The van der Waals surface area contributed by atoms with E-state index in [4.69, 9.17) is 18.5 Å². The molecule has 46 heavy (non-hydrogen) atoms. The first-order valence-electron chi connectivity index (χ1n) is 17.5. The van der Waals surface area contributed by atoms with Crippen LogP contribution in [0, 0.1) is 0 Å². The molecule has 0 amide bonds. The molecule has 0 fully saturated rings. The van der Waals surface area contributed by atoms with Gasteiger partial charge in [-0.3, -0.25) is 9.36 Å². The fourth-order valence-corrected chi connectivity index (χ4v) is 4.81. The Kier molecular flexibility index (Phi) is 29.3. The van der Waals surface area contributed by atoms with Crippen LogP contribution in [0.5, 0.6) is 0 Å². The zero-order chi connectivity index (χ0) is 34.2. The average Bonchev–Trinajstić information content (AvgIpc) is 3.00. The number of likely N-dealkylation sites (N-methyl/N-ethyl adjacent to an activating group) is 1. The first-order valence-corrected chi connectivity index (χ1v) is 19.0. The lowest BCUT2D eigenvalue weighted by molar-refractivity contribution is -0.870. The van der Waals surface area contributed by atoms with E-state index in [9.17, 15) is 14.3 Å². The average molecular weight is 668 g/mol. The molecule has 0 heterocycles. The van der Waals surface area contributed by atoms with Gasteiger partial charge in [-0.05, 0) is 57.8 Å². The second-order valence-electron chi connectivity index (χ2n) is 12.5. The molecule has 2 unspecified atom stereocenters. The summed E-state index contributed by atoms with van der Waals surface area (Å²) in [6.07, 6.45) is 36.3. The molecule has 0 saturated carbocycles. The third-order valence-electron chi connectivity index (χ3n) is 6.83. The molecule has 0 N–H and O–H groups in total. The number of phosphoric acid groups is 1. The molecule has 0 aromatic carbocycles. The molecule has 0 aliphatic rings. The molecule has 0 aliphatic carbocycles. The van der Waals surface area contributed by atoms with Crippen molar-refractivity contribution in [3.63, 3.8) is 0 Å². The van der Waals surface area contributed by atoms with Crippen LogP contribution in [0.3, 0.4) is 0 Å². The number of ether oxygens (including phenoxy) is 2. The quantitative estimate of drug-likeness (QED) is 0.0240. The molecule has 0 aromatic heterocycles. The first-order chi connectivity index (χ1) is 22.1. The number of phosphoric ester groups is 1. The van der Waals surface area contributed by atoms with Gasteiger partial charge in [0.15, 0.2) is 0 Å². The number of allylic oxidation sites excluding steroid dienone is 10. The van der Waals surface area contributed by atoms with Gasteiger partial charge in [-0.25, -0.2) is 0 Å². The van der Waals surface area contributed by atoms with Gasteiger partial charge in [0.05, 0.1) is 34.4 Å². The van der Waals surface area contributed by atoms with E-state index in [0.717, 1.165) is 64.2 Å². The van der Waals surface area contributed by atoms with E-state index >= 15 is 0 Å². The summed E-state index contributed by atoms with van der Waals surface area (Å²) in [7, 11) is 1.33. The van der Waals surface area contributed by atoms with Crippen LogP contribution in [-0.2, 0) is 27.9 Å². The van der Waals surface area contributed by atoms with E-state index in [2.05, 4.69) is 67.7 Å². The van der Waals surface area contributed by atoms with Crippen LogP contribution in [0.15, 0.2) is 60.8 Å². The smallest absolute Gasteiger partial charge is 0.306 e. The van der Waals surface area contributed by atoms with Crippen LogP contribution in [0.25, 0.3) is 0 Å². The monoisotopic (exact) mass is 667 g/mol. The van der Waals surface area contributed by atoms with E-state index in [1.807, 2.05) is 28.1 Å². The molecule has 2 atom stereocenters.